The number of aromatic nitrogens is 2. The van der Waals surface area contributed by atoms with E-state index in [2.05, 4.69) is 179 Å². The Balaban J connectivity index is 1.09. The summed E-state index contributed by atoms with van der Waals surface area (Å²) in [6, 6.07) is 47.2. The second-order valence-corrected chi connectivity index (χ2v) is 14.5. The summed E-state index contributed by atoms with van der Waals surface area (Å²) in [5, 5.41) is 5.79. The lowest BCUT2D eigenvalue weighted by atomic mass is 9.93. The summed E-state index contributed by atoms with van der Waals surface area (Å²) in [7, 11) is 0. The van der Waals surface area contributed by atoms with E-state index in [0.29, 0.717) is 0 Å². The highest BCUT2D eigenvalue weighted by Crippen LogP contribution is 2.38. The van der Waals surface area contributed by atoms with Gasteiger partial charge in [0.25, 0.3) is 0 Å². The van der Waals surface area contributed by atoms with Crippen LogP contribution < -0.4 is 5.32 Å². The van der Waals surface area contributed by atoms with Crippen molar-refractivity contribution in [2.75, 3.05) is 13.1 Å². The third kappa shape index (κ3) is 6.36. The van der Waals surface area contributed by atoms with Gasteiger partial charge in [0.2, 0.25) is 0 Å². The van der Waals surface area contributed by atoms with E-state index < -0.39 is 0 Å². The number of benzene rings is 5. The lowest BCUT2D eigenvalue weighted by Gasteiger charge is -2.16. The van der Waals surface area contributed by atoms with Crippen LogP contribution in [0.15, 0.2) is 175 Å². The van der Waals surface area contributed by atoms with Crippen LogP contribution >= 0.6 is 0 Å². The first kappa shape index (κ1) is 32.8. The molecule has 0 unspecified atom stereocenters. The highest BCUT2D eigenvalue weighted by atomic mass is 15.0. The molecule has 0 saturated carbocycles. The summed E-state index contributed by atoms with van der Waals surface area (Å²) in [6.45, 7) is 1.59. The maximum absolute atomic E-state index is 5.13. The normalized spacial score (nSPS) is 15.2. The van der Waals surface area contributed by atoms with E-state index in [-0.39, 0.29) is 0 Å². The first-order chi connectivity index (χ1) is 27.2. The van der Waals surface area contributed by atoms with Crippen molar-refractivity contribution >= 4 is 44.7 Å². The van der Waals surface area contributed by atoms with Gasteiger partial charge in [0.05, 0.1) is 22.4 Å². The molecule has 0 fully saturated rings. The number of aliphatic imine (C=N–C) groups is 1. The molecule has 2 aliphatic heterocycles. The van der Waals surface area contributed by atoms with Gasteiger partial charge in [-0.1, -0.05) is 109 Å². The largest absolute Gasteiger partial charge is 0.387 e. The number of hydrogen-bond acceptors (Lipinski definition) is 3. The van der Waals surface area contributed by atoms with E-state index in [4.69, 9.17) is 4.98 Å². The van der Waals surface area contributed by atoms with Gasteiger partial charge in [-0.05, 0) is 136 Å². The van der Waals surface area contributed by atoms with Gasteiger partial charge < -0.3 is 9.88 Å². The van der Waals surface area contributed by atoms with Crippen molar-refractivity contribution in [1.82, 2.24) is 14.9 Å². The van der Waals surface area contributed by atoms with Crippen molar-refractivity contribution < 1.29 is 0 Å². The summed E-state index contributed by atoms with van der Waals surface area (Å²) in [4.78, 5) is 9.55. The number of rotatable bonds is 7. The quantitative estimate of drug-likeness (QED) is 0.179. The molecule has 4 nitrogen and oxygen atoms in total. The van der Waals surface area contributed by atoms with Crippen LogP contribution in [-0.4, -0.2) is 28.9 Å². The summed E-state index contributed by atoms with van der Waals surface area (Å²) in [6.07, 6.45) is 20.1. The lowest BCUT2D eigenvalue weighted by molar-refractivity contribution is 0.972. The Bertz CT molecular complexity index is 2730. The number of para-hydroxylation sites is 2. The van der Waals surface area contributed by atoms with Gasteiger partial charge in [0, 0.05) is 35.8 Å². The Hall–Kier alpha value is -6.78. The van der Waals surface area contributed by atoms with Crippen LogP contribution in [0.2, 0.25) is 0 Å². The van der Waals surface area contributed by atoms with Crippen molar-refractivity contribution in [2.24, 2.45) is 4.99 Å². The number of nitrogens with one attached hydrogen (secondary N) is 1. The fraction of sp³-hybridized carbons (Fsp3) is 0.0980. The van der Waals surface area contributed by atoms with Crippen LogP contribution in [0.4, 0.5) is 0 Å². The van der Waals surface area contributed by atoms with Crippen LogP contribution in [0.1, 0.15) is 36.2 Å². The number of nitrogens with zero attached hydrogens (tertiary/aromatic N) is 3. The zero-order valence-electron chi connectivity index (χ0n) is 30.6. The molecule has 4 heteroatoms. The van der Waals surface area contributed by atoms with Crippen molar-refractivity contribution in [3.05, 3.63) is 187 Å². The molecule has 264 valence electrons. The smallest absolute Gasteiger partial charge is 0.0713 e. The third-order valence-corrected chi connectivity index (χ3v) is 11.1. The molecular formula is C51H40N4. The van der Waals surface area contributed by atoms with Gasteiger partial charge in [0.1, 0.15) is 0 Å². The van der Waals surface area contributed by atoms with Crippen LogP contribution in [0.3, 0.4) is 0 Å². The third-order valence-electron chi connectivity index (χ3n) is 11.1. The molecule has 0 atom stereocenters. The van der Waals surface area contributed by atoms with Crippen LogP contribution in [0.25, 0.3) is 77.6 Å². The first-order valence-corrected chi connectivity index (χ1v) is 19.3. The highest BCUT2D eigenvalue weighted by Gasteiger charge is 2.16. The van der Waals surface area contributed by atoms with E-state index in [1.165, 1.54) is 66.3 Å². The molecule has 5 aromatic carbocycles. The van der Waals surface area contributed by atoms with Gasteiger partial charge >= 0.3 is 0 Å². The van der Waals surface area contributed by atoms with E-state index >= 15 is 0 Å². The minimum absolute atomic E-state index is 0.795. The van der Waals surface area contributed by atoms with Crippen LogP contribution in [0.5, 0.6) is 0 Å². The molecule has 10 rings (SSSR count). The van der Waals surface area contributed by atoms with Crippen molar-refractivity contribution in [2.45, 2.75) is 19.3 Å². The van der Waals surface area contributed by atoms with Gasteiger partial charge in [-0.25, -0.2) is 4.98 Å². The Morgan fingerprint density at radius 2 is 1.20 bits per heavy atom. The Kier molecular flexibility index (Phi) is 8.49. The fourth-order valence-corrected chi connectivity index (χ4v) is 8.20. The summed E-state index contributed by atoms with van der Waals surface area (Å²) in [5.41, 5.74) is 17.7. The van der Waals surface area contributed by atoms with Gasteiger partial charge in [-0.2, -0.15) is 0 Å². The zero-order valence-corrected chi connectivity index (χ0v) is 30.6. The molecule has 2 aromatic heterocycles. The molecule has 0 amide bonds. The standard InChI is InChI=1S/C51H40N4/c1-2-8-35(9-3-1)36-14-16-37(17-15-36)42-30-43(32-45(31-42)55-50-12-6-4-10-46(50)47-11-5-7-13-51(47)55)38-18-20-39(21-19-38)44-33-48(40-22-26-52-27-23-40)54-49(34-44)41-24-28-53-29-25-41/h1-2,4-8,10-24,26,28,30-34,52H,3,9,25,27,29H2. The molecule has 0 saturated heterocycles. The average molecular weight is 709 g/mol. The first-order valence-electron chi connectivity index (χ1n) is 19.3. The molecule has 1 aliphatic carbocycles. The topological polar surface area (TPSA) is 42.2 Å². The monoisotopic (exact) mass is 708 g/mol. The molecule has 1 N–H and O–H groups in total. The molecule has 4 heterocycles. The lowest BCUT2D eigenvalue weighted by Crippen LogP contribution is -2.09. The Labute approximate surface area is 321 Å². The maximum atomic E-state index is 5.13. The zero-order chi connectivity index (χ0) is 36.6. The van der Waals surface area contributed by atoms with Crippen molar-refractivity contribution in [3.63, 3.8) is 0 Å². The number of dihydropyridines is 2. The van der Waals surface area contributed by atoms with E-state index in [1.807, 2.05) is 12.4 Å². The predicted octanol–water partition coefficient (Wildman–Crippen LogP) is 12.3. The summed E-state index contributed by atoms with van der Waals surface area (Å²) in [5.74, 6) is 0. The molecule has 0 bridgehead atoms. The van der Waals surface area contributed by atoms with Crippen molar-refractivity contribution in [3.8, 4) is 39.1 Å². The minimum Gasteiger partial charge on any atom is -0.387 e. The van der Waals surface area contributed by atoms with Gasteiger partial charge in [-0.3, -0.25) is 4.99 Å². The molecule has 0 spiro atoms. The maximum Gasteiger partial charge on any atom is 0.0713 e. The number of hydrogen-bond donors (Lipinski definition) is 1. The predicted molar refractivity (Wildman–Crippen MR) is 232 cm³/mol. The van der Waals surface area contributed by atoms with E-state index in [0.717, 1.165) is 60.6 Å². The number of fused-ring (bicyclic) bond motifs is 3. The van der Waals surface area contributed by atoms with Crippen LogP contribution in [-0.2, 0) is 0 Å². The summed E-state index contributed by atoms with van der Waals surface area (Å²) >= 11 is 0. The molecule has 3 aliphatic rings. The van der Waals surface area contributed by atoms with Gasteiger partial charge in [-0.15, -0.1) is 0 Å². The fourth-order valence-electron chi connectivity index (χ4n) is 8.20. The molecular weight excluding hydrogens is 669 g/mol. The van der Waals surface area contributed by atoms with Gasteiger partial charge in [0.15, 0.2) is 0 Å². The highest BCUT2D eigenvalue weighted by molar-refractivity contribution is 6.09. The second kappa shape index (κ2) is 14.2. The number of allylic oxidation sites excluding steroid dienone is 7. The van der Waals surface area contributed by atoms with E-state index in [1.54, 1.807) is 0 Å². The molecule has 55 heavy (non-hydrogen) atoms. The SMILES string of the molecule is C1=CCCC(c2ccc(-c3cc(-c4ccc(-c5cc(C6=CCNC=C6)nc(C6=CC=NCC6)c5)cc4)cc(-n4c5ccccc5c5ccccc54)c3)cc2)=C1. The van der Waals surface area contributed by atoms with E-state index in [9.17, 15) is 0 Å². The van der Waals surface area contributed by atoms with Crippen molar-refractivity contribution in [1.29, 1.82) is 0 Å². The minimum atomic E-state index is 0.795. The molecule has 7 aromatic rings. The number of pyridine rings is 1. The summed E-state index contributed by atoms with van der Waals surface area (Å²) < 4.78 is 2.42. The molecule has 0 radical (unpaired) electrons. The Morgan fingerprint density at radius 1 is 0.564 bits per heavy atom. The van der Waals surface area contributed by atoms with Crippen LogP contribution in [0, 0.1) is 0 Å². The second-order valence-electron chi connectivity index (χ2n) is 14.5. The average Bonchev–Trinajstić information content (AvgIpc) is 3.61. The Morgan fingerprint density at radius 3 is 1.80 bits per heavy atom.